The Morgan fingerprint density at radius 3 is 2.42 bits per heavy atom. The van der Waals surface area contributed by atoms with Gasteiger partial charge in [0.05, 0.1) is 11.0 Å². The van der Waals surface area contributed by atoms with Crippen LogP contribution < -0.4 is 0 Å². The van der Waals surface area contributed by atoms with Crippen molar-refractivity contribution in [2.75, 3.05) is 0 Å². The molecule has 0 heterocycles. The molecule has 0 aromatic carbocycles. The first kappa shape index (κ1) is 8.77. The van der Waals surface area contributed by atoms with Gasteiger partial charge in [0.25, 0.3) is 0 Å². The van der Waals surface area contributed by atoms with Gasteiger partial charge in [-0.2, -0.15) is 0 Å². The van der Waals surface area contributed by atoms with Crippen molar-refractivity contribution in [3.8, 4) is 0 Å². The normalized spacial score (nSPS) is 28.2. The fourth-order valence-corrected chi connectivity index (χ4v) is 1.41. The largest absolute Gasteiger partial charge is 0.481 e. The monoisotopic (exact) mass is 170 g/mol. The molecule has 12 heavy (non-hydrogen) atoms. The van der Waals surface area contributed by atoms with Crippen LogP contribution in [0.5, 0.6) is 0 Å². The summed E-state index contributed by atoms with van der Waals surface area (Å²) in [6, 6.07) is 0. The van der Waals surface area contributed by atoms with Crippen LogP contribution >= 0.6 is 0 Å². The Morgan fingerprint density at radius 2 is 2.08 bits per heavy atom. The third-order valence-electron chi connectivity index (χ3n) is 2.29. The van der Waals surface area contributed by atoms with E-state index in [4.69, 9.17) is 10.2 Å². The molecule has 1 rings (SSSR count). The molecule has 1 aliphatic carbocycles. The molecule has 0 aliphatic heterocycles. The minimum absolute atomic E-state index is 0.00926. The van der Waals surface area contributed by atoms with Crippen LogP contribution in [0.3, 0.4) is 0 Å². The van der Waals surface area contributed by atoms with E-state index < -0.39 is 17.4 Å². The maximum absolute atomic E-state index is 10.7. The molecule has 0 radical (unpaired) electrons. The first-order valence-electron chi connectivity index (χ1n) is 3.66. The van der Waals surface area contributed by atoms with Crippen molar-refractivity contribution in [3.05, 3.63) is 11.6 Å². The van der Waals surface area contributed by atoms with Gasteiger partial charge in [-0.05, 0) is 19.8 Å². The summed E-state index contributed by atoms with van der Waals surface area (Å²) < 4.78 is 0. The summed E-state index contributed by atoms with van der Waals surface area (Å²) in [5.74, 6) is -2.19. The molecule has 0 aromatic rings. The number of carboxylic acids is 2. The fourth-order valence-electron chi connectivity index (χ4n) is 1.41. The van der Waals surface area contributed by atoms with E-state index in [0.717, 1.165) is 0 Å². The molecule has 0 fully saturated rings. The van der Waals surface area contributed by atoms with Crippen LogP contribution in [0.15, 0.2) is 11.6 Å². The molecule has 1 atom stereocenters. The van der Waals surface area contributed by atoms with Crippen molar-refractivity contribution in [2.24, 2.45) is 5.41 Å². The number of carbonyl (C=O) groups is 2. The molecule has 4 nitrogen and oxygen atoms in total. The minimum atomic E-state index is -1.19. The number of rotatable bonds is 2. The van der Waals surface area contributed by atoms with Crippen molar-refractivity contribution in [3.63, 3.8) is 0 Å². The lowest BCUT2D eigenvalue weighted by Gasteiger charge is -2.19. The highest BCUT2D eigenvalue weighted by atomic mass is 16.4. The van der Waals surface area contributed by atoms with Crippen LogP contribution in [0.4, 0.5) is 0 Å². The predicted octanol–water partition coefficient (Wildman–Crippen LogP) is 0.882. The Hall–Kier alpha value is -1.32. The van der Waals surface area contributed by atoms with Crippen LogP contribution in [0.1, 0.15) is 19.8 Å². The van der Waals surface area contributed by atoms with Crippen LogP contribution in [0.2, 0.25) is 0 Å². The molecule has 4 heteroatoms. The van der Waals surface area contributed by atoms with Crippen molar-refractivity contribution < 1.29 is 19.8 Å². The standard InChI is InChI=1S/C8H10O4/c1-8(7(11)12)4-2-3-5(8)6(9)10/h3H,2,4H2,1H3,(H,9,10)(H,11,12). The molecule has 0 saturated carbocycles. The average molecular weight is 170 g/mol. The maximum Gasteiger partial charge on any atom is 0.332 e. The van der Waals surface area contributed by atoms with E-state index in [2.05, 4.69) is 0 Å². The van der Waals surface area contributed by atoms with Crippen LogP contribution in [-0.2, 0) is 9.59 Å². The van der Waals surface area contributed by atoms with Gasteiger partial charge in [-0.15, -0.1) is 0 Å². The van der Waals surface area contributed by atoms with Crippen LogP contribution in [0, 0.1) is 5.41 Å². The quantitative estimate of drug-likeness (QED) is 0.645. The minimum Gasteiger partial charge on any atom is -0.481 e. The molecule has 2 N–H and O–H groups in total. The second-order valence-electron chi connectivity index (χ2n) is 3.10. The van der Waals surface area contributed by atoms with Crippen molar-refractivity contribution in [1.82, 2.24) is 0 Å². The molecule has 1 unspecified atom stereocenters. The van der Waals surface area contributed by atoms with Crippen molar-refractivity contribution in [1.29, 1.82) is 0 Å². The van der Waals surface area contributed by atoms with E-state index in [1.165, 1.54) is 13.0 Å². The topological polar surface area (TPSA) is 74.6 Å². The van der Waals surface area contributed by atoms with Gasteiger partial charge in [0.15, 0.2) is 0 Å². The lowest BCUT2D eigenvalue weighted by atomic mass is 9.83. The number of hydrogen-bond donors (Lipinski definition) is 2. The van der Waals surface area contributed by atoms with E-state index >= 15 is 0 Å². The van der Waals surface area contributed by atoms with Gasteiger partial charge in [0.2, 0.25) is 0 Å². The summed E-state index contributed by atoms with van der Waals surface area (Å²) in [4.78, 5) is 21.3. The van der Waals surface area contributed by atoms with Gasteiger partial charge in [-0.1, -0.05) is 6.08 Å². The first-order chi connectivity index (χ1) is 5.48. The lowest BCUT2D eigenvalue weighted by molar-refractivity contribution is -0.148. The summed E-state index contributed by atoms with van der Waals surface area (Å²) in [5.41, 5.74) is -1.18. The second kappa shape index (κ2) is 2.62. The van der Waals surface area contributed by atoms with Gasteiger partial charge < -0.3 is 10.2 Å². The highest BCUT2D eigenvalue weighted by molar-refractivity contribution is 5.97. The Kier molecular flexibility index (Phi) is 1.92. The molecule has 0 saturated heterocycles. The molecular formula is C8H10O4. The van der Waals surface area contributed by atoms with Crippen molar-refractivity contribution in [2.45, 2.75) is 19.8 Å². The summed E-state index contributed by atoms with van der Waals surface area (Å²) in [5, 5.41) is 17.5. The highest BCUT2D eigenvalue weighted by Crippen LogP contribution is 2.38. The molecule has 0 aromatic heterocycles. The van der Waals surface area contributed by atoms with E-state index in [-0.39, 0.29) is 5.57 Å². The van der Waals surface area contributed by atoms with E-state index in [1.807, 2.05) is 0 Å². The Morgan fingerprint density at radius 1 is 1.50 bits per heavy atom. The Balaban J connectivity index is 3.02. The van der Waals surface area contributed by atoms with Crippen LogP contribution in [-0.4, -0.2) is 22.2 Å². The molecule has 66 valence electrons. The third kappa shape index (κ3) is 1.09. The van der Waals surface area contributed by atoms with Crippen LogP contribution in [0.25, 0.3) is 0 Å². The van der Waals surface area contributed by atoms with Gasteiger partial charge in [-0.3, -0.25) is 4.79 Å². The molecule has 0 amide bonds. The summed E-state index contributed by atoms with van der Waals surface area (Å²) in [7, 11) is 0. The number of aliphatic carboxylic acids is 2. The van der Waals surface area contributed by atoms with E-state index in [0.29, 0.717) is 12.8 Å². The zero-order chi connectivity index (χ0) is 9.35. The van der Waals surface area contributed by atoms with Gasteiger partial charge in [-0.25, -0.2) is 4.79 Å². The average Bonchev–Trinajstić information content (AvgIpc) is 2.32. The zero-order valence-electron chi connectivity index (χ0n) is 6.70. The third-order valence-corrected chi connectivity index (χ3v) is 2.29. The molecule has 0 bridgehead atoms. The Bertz CT molecular complexity index is 266. The summed E-state index contributed by atoms with van der Waals surface area (Å²) in [6.45, 7) is 1.45. The zero-order valence-corrected chi connectivity index (χ0v) is 6.70. The van der Waals surface area contributed by atoms with Gasteiger partial charge in [0.1, 0.15) is 0 Å². The first-order valence-corrected chi connectivity index (χ1v) is 3.66. The highest BCUT2D eigenvalue weighted by Gasteiger charge is 2.43. The second-order valence-corrected chi connectivity index (χ2v) is 3.10. The molecular weight excluding hydrogens is 160 g/mol. The number of carboxylic acid groups (broad SMARTS) is 2. The van der Waals surface area contributed by atoms with E-state index in [1.54, 1.807) is 0 Å². The Labute approximate surface area is 69.5 Å². The predicted molar refractivity (Wildman–Crippen MR) is 40.7 cm³/mol. The smallest absolute Gasteiger partial charge is 0.332 e. The number of allylic oxidation sites excluding steroid dienone is 1. The molecule has 0 spiro atoms. The lowest BCUT2D eigenvalue weighted by Crippen LogP contribution is -2.30. The molecule has 1 aliphatic rings. The number of hydrogen-bond acceptors (Lipinski definition) is 2. The SMILES string of the molecule is CC1(C(=O)O)CCC=C1C(=O)O. The maximum atomic E-state index is 10.7. The summed E-state index contributed by atoms with van der Waals surface area (Å²) >= 11 is 0. The van der Waals surface area contributed by atoms with E-state index in [9.17, 15) is 9.59 Å². The van der Waals surface area contributed by atoms with Gasteiger partial charge in [0, 0.05) is 0 Å². The van der Waals surface area contributed by atoms with Crippen molar-refractivity contribution >= 4 is 11.9 Å². The fraction of sp³-hybridized carbons (Fsp3) is 0.500. The van der Waals surface area contributed by atoms with Gasteiger partial charge >= 0.3 is 11.9 Å². The summed E-state index contributed by atoms with van der Waals surface area (Å²) in [6.07, 6.45) is 2.39.